The predicted molar refractivity (Wildman–Crippen MR) is 84.8 cm³/mol. The summed E-state index contributed by atoms with van der Waals surface area (Å²) in [7, 11) is 0. The minimum absolute atomic E-state index is 0.637. The van der Waals surface area contributed by atoms with Crippen molar-refractivity contribution in [3.05, 3.63) is 0 Å². The van der Waals surface area contributed by atoms with Gasteiger partial charge in [-0.05, 0) is 48.5 Å². The van der Waals surface area contributed by atoms with Crippen LogP contribution in [0.2, 0.25) is 0 Å². The Balaban J connectivity index is 5.10. The Bertz CT molecular complexity index is 481. The maximum Gasteiger partial charge on any atom is 0.509 e. The third-order valence-electron chi connectivity index (χ3n) is 2.30. The Hall–Kier alpha value is -2.32. The highest BCUT2D eigenvalue weighted by Crippen LogP contribution is 2.15. The molecule has 0 heterocycles. The molecule has 0 bridgehead atoms. The second-order valence-corrected chi connectivity index (χ2v) is 7.28. The van der Waals surface area contributed by atoms with Crippen molar-refractivity contribution in [2.24, 2.45) is 0 Å². The van der Waals surface area contributed by atoms with E-state index in [1.807, 2.05) is 0 Å². The van der Waals surface area contributed by atoms with Crippen molar-refractivity contribution in [3.8, 4) is 0 Å². The quantitative estimate of drug-likeness (QED) is 0.558. The number of hydrogen-bond donors (Lipinski definition) is 1. The maximum absolute atomic E-state index is 12.0. The van der Waals surface area contributed by atoms with Gasteiger partial charge in [-0.15, -0.1) is 0 Å². The topological polar surface area (TPSA) is 125 Å². The Kier molecular flexibility index (Phi) is 7.88. The molecule has 9 nitrogen and oxygen atoms in total. The van der Waals surface area contributed by atoms with Crippen LogP contribution in [0.3, 0.4) is 0 Å². The minimum atomic E-state index is -1.69. The van der Waals surface area contributed by atoms with Crippen LogP contribution < -0.4 is 0 Å². The van der Waals surface area contributed by atoms with Gasteiger partial charge in [-0.3, -0.25) is 4.79 Å². The first-order valence-corrected chi connectivity index (χ1v) is 7.65. The Morgan fingerprint density at radius 2 is 1.36 bits per heavy atom. The smallest absolute Gasteiger partial charge is 0.479 e. The van der Waals surface area contributed by atoms with Gasteiger partial charge in [0, 0.05) is 0 Å². The van der Waals surface area contributed by atoms with Gasteiger partial charge in [0.1, 0.15) is 11.2 Å². The van der Waals surface area contributed by atoms with Gasteiger partial charge >= 0.3 is 24.1 Å². The van der Waals surface area contributed by atoms with E-state index in [1.165, 1.54) is 0 Å². The second-order valence-electron chi connectivity index (χ2n) is 7.28. The lowest BCUT2D eigenvalue weighted by Gasteiger charge is -2.24. The van der Waals surface area contributed by atoms with E-state index in [4.69, 9.17) is 19.3 Å². The molecule has 9 heteroatoms. The summed E-state index contributed by atoms with van der Waals surface area (Å²) >= 11 is 0. The number of carboxylic acid groups (broad SMARTS) is 1. The van der Waals surface area contributed by atoms with Crippen molar-refractivity contribution in [1.29, 1.82) is 0 Å². The number of rotatable bonds is 6. The van der Waals surface area contributed by atoms with E-state index in [0.29, 0.717) is 0 Å². The van der Waals surface area contributed by atoms with Crippen molar-refractivity contribution >= 4 is 24.1 Å². The normalized spacial score (nSPS) is 14.0. The Labute approximate surface area is 146 Å². The van der Waals surface area contributed by atoms with Crippen LogP contribution in [0, 0.1) is 0 Å². The molecule has 2 atom stereocenters. The number of carboxylic acids is 1. The summed E-state index contributed by atoms with van der Waals surface area (Å²) < 4.78 is 19.5. The number of carbonyl (C=O) groups is 4. The third-order valence-corrected chi connectivity index (χ3v) is 2.30. The zero-order valence-electron chi connectivity index (χ0n) is 15.6. The molecule has 0 aromatic carbocycles. The second kappa shape index (κ2) is 8.68. The number of ether oxygens (including phenoxy) is 4. The summed E-state index contributed by atoms with van der Waals surface area (Å²) in [6.45, 7) is 10.8. The van der Waals surface area contributed by atoms with Gasteiger partial charge in [0.15, 0.2) is 6.10 Å². The van der Waals surface area contributed by atoms with Crippen molar-refractivity contribution in [2.45, 2.75) is 78.3 Å². The van der Waals surface area contributed by atoms with Crippen LogP contribution in [0.1, 0.15) is 54.9 Å². The van der Waals surface area contributed by atoms with E-state index in [1.54, 1.807) is 41.5 Å². The van der Waals surface area contributed by atoms with Crippen molar-refractivity contribution in [1.82, 2.24) is 0 Å². The number of carbonyl (C=O) groups excluding carboxylic acids is 3. The highest BCUT2D eigenvalue weighted by Gasteiger charge is 2.33. The first-order chi connectivity index (χ1) is 11.1. The Morgan fingerprint density at radius 3 is 1.76 bits per heavy atom. The first kappa shape index (κ1) is 22.7. The highest BCUT2D eigenvalue weighted by molar-refractivity contribution is 5.85. The van der Waals surface area contributed by atoms with Crippen LogP contribution in [0.15, 0.2) is 0 Å². The van der Waals surface area contributed by atoms with Crippen LogP contribution in [0.25, 0.3) is 0 Å². The summed E-state index contributed by atoms with van der Waals surface area (Å²) in [4.78, 5) is 46.4. The largest absolute Gasteiger partial charge is 0.509 e. The van der Waals surface area contributed by atoms with E-state index in [9.17, 15) is 19.2 Å². The monoisotopic (exact) mass is 362 g/mol. The standard InChI is InChI=1S/C16H26O9/c1-9(12(18)19)22-13(20)10(8-11(17)24-15(2,3)4)23-14(21)25-16(5,6)7/h9-10H,8H2,1-7H3,(H,18,19)/t9-,10-/m0/s1. The number of hydrogen-bond acceptors (Lipinski definition) is 8. The average Bonchev–Trinajstić information content (AvgIpc) is 2.32. The van der Waals surface area contributed by atoms with Crippen LogP contribution in [0.5, 0.6) is 0 Å². The minimum Gasteiger partial charge on any atom is -0.479 e. The molecule has 0 aromatic heterocycles. The van der Waals surface area contributed by atoms with Gasteiger partial charge in [0.2, 0.25) is 6.10 Å². The van der Waals surface area contributed by atoms with E-state index < -0.39 is 53.9 Å². The Morgan fingerprint density at radius 1 is 0.880 bits per heavy atom. The van der Waals surface area contributed by atoms with Crippen molar-refractivity contribution in [2.75, 3.05) is 0 Å². The first-order valence-electron chi connectivity index (χ1n) is 7.65. The third kappa shape index (κ3) is 11.0. The van der Waals surface area contributed by atoms with Gasteiger partial charge < -0.3 is 24.1 Å². The molecule has 0 saturated heterocycles. The molecule has 0 aliphatic heterocycles. The maximum atomic E-state index is 12.0. The molecule has 0 amide bonds. The van der Waals surface area contributed by atoms with Gasteiger partial charge in [-0.2, -0.15) is 0 Å². The van der Waals surface area contributed by atoms with Crippen LogP contribution in [-0.4, -0.2) is 52.6 Å². The van der Waals surface area contributed by atoms with Gasteiger partial charge in [0.25, 0.3) is 0 Å². The molecule has 0 saturated carbocycles. The molecule has 0 rings (SSSR count). The highest BCUT2D eigenvalue weighted by atomic mass is 16.7. The lowest BCUT2D eigenvalue weighted by molar-refractivity contribution is -0.174. The molecule has 0 aliphatic rings. The molecule has 1 N–H and O–H groups in total. The van der Waals surface area contributed by atoms with Crippen LogP contribution >= 0.6 is 0 Å². The van der Waals surface area contributed by atoms with Gasteiger partial charge in [0.05, 0.1) is 6.42 Å². The molecule has 144 valence electrons. The molecule has 0 radical (unpaired) electrons. The molecule has 0 aromatic rings. The summed E-state index contributed by atoms with van der Waals surface area (Å²) in [6, 6.07) is 0. The zero-order valence-corrected chi connectivity index (χ0v) is 15.6. The fourth-order valence-corrected chi connectivity index (χ4v) is 1.40. The SMILES string of the molecule is C[C@H](OC(=O)[C@H](CC(=O)OC(C)(C)C)OC(=O)OC(C)(C)C)C(=O)O. The fraction of sp³-hybridized carbons (Fsp3) is 0.750. The summed E-state index contributed by atoms with van der Waals surface area (Å²) in [6.07, 6.45) is -5.00. The lowest BCUT2D eigenvalue weighted by Crippen LogP contribution is -2.38. The van der Waals surface area contributed by atoms with Gasteiger partial charge in [-0.1, -0.05) is 0 Å². The van der Waals surface area contributed by atoms with E-state index in [2.05, 4.69) is 4.74 Å². The van der Waals surface area contributed by atoms with Gasteiger partial charge in [-0.25, -0.2) is 14.4 Å². The molecule has 0 unspecified atom stereocenters. The van der Waals surface area contributed by atoms with Crippen molar-refractivity contribution in [3.63, 3.8) is 0 Å². The van der Waals surface area contributed by atoms with Crippen LogP contribution in [-0.2, 0) is 33.3 Å². The average molecular weight is 362 g/mol. The summed E-state index contributed by atoms with van der Waals surface area (Å²) in [5.74, 6) is -3.39. The summed E-state index contributed by atoms with van der Waals surface area (Å²) in [5.41, 5.74) is -1.70. The van der Waals surface area contributed by atoms with Crippen LogP contribution in [0.4, 0.5) is 4.79 Å². The molecular weight excluding hydrogens is 336 g/mol. The lowest BCUT2D eigenvalue weighted by atomic mass is 10.2. The fourth-order valence-electron chi connectivity index (χ4n) is 1.40. The summed E-state index contributed by atoms with van der Waals surface area (Å²) in [5, 5.41) is 8.78. The number of aliphatic carboxylic acids is 1. The molecule has 25 heavy (non-hydrogen) atoms. The molecule has 0 fully saturated rings. The molecule has 0 aliphatic carbocycles. The molecule has 0 spiro atoms. The van der Waals surface area contributed by atoms with E-state index >= 15 is 0 Å². The van der Waals surface area contributed by atoms with Crippen molar-refractivity contribution < 1.29 is 43.2 Å². The number of esters is 2. The predicted octanol–water partition coefficient (Wildman–Crippen LogP) is 2.05. The van der Waals surface area contributed by atoms with E-state index in [0.717, 1.165) is 6.92 Å². The zero-order chi connectivity index (χ0) is 20.0. The molecular formula is C16H26O9. The van der Waals surface area contributed by atoms with E-state index in [-0.39, 0.29) is 0 Å².